The second-order valence-corrected chi connectivity index (χ2v) is 15.8. The molecule has 27 heavy (non-hydrogen) atoms. The summed E-state index contributed by atoms with van der Waals surface area (Å²) < 4.78 is 40.1. The zero-order valence-electron chi connectivity index (χ0n) is 18.5. The van der Waals surface area contributed by atoms with Crippen LogP contribution in [0.25, 0.3) is 0 Å². The van der Waals surface area contributed by atoms with Crippen molar-refractivity contribution in [1.29, 1.82) is 0 Å². The van der Waals surface area contributed by atoms with Gasteiger partial charge in [0.1, 0.15) is 8.07 Å². The standard InChI is InChI=1S/C20H40O5SSi/c1-10-11-20(26(22,23)24,25-19(21)18(8)9)27(12-15(2)3,13-16(4)5)14-17(6)7/h15-17H,8,10-14H2,1-7,9H3,(H,22,23,24). The van der Waals surface area contributed by atoms with Crippen molar-refractivity contribution in [1.82, 2.24) is 0 Å². The lowest BCUT2D eigenvalue weighted by Gasteiger charge is -2.48. The number of hydrogen-bond acceptors (Lipinski definition) is 4. The largest absolute Gasteiger partial charge is 0.441 e. The molecule has 0 aliphatic heterocycles. The van der Waals surface area contributed by atoms with E-state index in [1.54, 1.807) is 0 Å². The topological polar surface area (TPSA) is 80.7 Å². The highest BCUT2D eigenvalue weighted by molar-refractivity contribution is 7.89. The summed E-state index contributed by atoms with van der Waals surface area (Å²) in [5.74, 6) is -0.0451. The van der Waals surface area contributed by atoms with Crippen LogP contribution in [0.2, 0.25) is 18.1 Å². The van der Waals surface area contributed by atoms with E-state index < -0.39 is 28.7 Å². The van der Waals surface area contributed by atoms with Crippen molar-refractivity contribution in [2.24, 2.45) is 17.8 Å². The molecule has 0 rings (SSSR count). The predicted octanol–water partition coefficient (Wildman–Crippen LogP) is 5.45. The second kappa shape index (κ2) is 10.2. The predicted molar refractivity (Wildman–Crippen MR) is 115 cm³/mol. The molecule has 0 aromatic heterocycles. The van der Waals surface area contributed by atoms with Gasteiger partial charge in [-0.1, -0.05) is 79.6 Å². The van der Waals surface area contributed by atoms with Gasteiger partial charge < -0.3 is 4.74 Å². The number of esters is 1. The van der Waals surface area contributed by atoms with Crippen molar-refractivity contribution < 1.29 is 22.5 Å². The van der Waals surface area contributed by atoms with Crippen LogP contribution in [0.15, 0.2) is 12.2 Å². The molecule has 0 saturated carbocycles. The molecule has 1 N–H and O–H groups in total. The van der Waals surface area contributed by atoms with E-state index in [2.05, 4.69) is 48.1 Å². The fraction of sp³-hybridized carbons (Fsp3) is 0.850. The normalized spacial score (nSPS) is 15.3. The van der Waals surface area contributed by atoms with E-state index in [4.69, 9.17) is 4.74 Å². The molecule has 0 amide bonds. The number of carbonyl (C=O) groups excluding carboxylic acids is 1. The number of carbonyl (C=O) groups is 1. The maximum absolute atomic E-state index is 12.9. The molecule has 0 spiro atoms. The van der Waals surface area contributed by atoms with E-state index >= 15 is 0 Å². The molecule has 0 saturated heterocycles. The van der Waals surface area contributed by atoms with Gasteiger partial charge >= 0.3 is 16.1 Å². The summed E-state index contributed by atoms with van der Waals surface area (Å²) in [5, 5.41) is 0. The highest BCUT2D eigenvalue weighted by atomic mass is 32.2. The molecule has 0 aliphatic carbocycles. The molecule has 5 nitrogen and oxygen atoms in total. The Hall–Kier alpha value is -0.663. The van der Waals surface area contributed by atoms with E-state index in [-0.39, 0.29) is 29.7 Å². The molecule has 7 heteroatoms. The zero-order chi connectivity index (χ0) is 21.6. The Balaban J connectivity index is 6.95. The number of hydrogen-bond donors (Lipinski definition) is 1. The summed E-state index contributed by atoms with van der Waals surface area (Å²) >= 11 is 0. The van der Waals surface area contributed by atoms with Crippen LogP contribution in [0.5, 0.6) is 0 Å². The first-order valence-corrected chi connectivity index (χ1v) is 14.1. The van der Waals surface area contributed by atoms with Crippen molar-refractivity contribution in [2.45, 2.75) is 90.9 Å². The monoisotopic (exact) mass is 420 g/mol. The van der Waals surface area contributed by atoms with Gasteiger partial charge in [-0.05, 0) is 24.7 Å². The van der Waals surface area contributed by atoms with Gasteiger partial charge in [-0.2, -0.15) is 8.42 Å². The molecule has 0 aliphatic rings. The average Bonchev–Trinajstić information content (AvgIpc) is 2.42. The summed E-state index contributed by atoms with van der Waals surface area (Å²) in [6.45, 7) is 19.3. The van der Waals surface area contributed by atoms with Crippen molar-refractivity contribution in [3.63, 3.8) is 0 Å². The average molecular weight is 421 g/mol. The summed E-state index contributed by atoms with van der Waals surface area (Å²) in [4.78, 5) is 12.5. The highest BCUT2D eigenvalue weighted by Crippen LogP contribution is 2.47. The molecule has 0 fully saturated rings. The van der Waals surface area contributed by atoms with Crippen LogP contribution in [0.1, 0.15) is 68.2 Å². The molecular weight excluding hydrogens is 380 g/mol. The van der Waals surface area contributed by atoms with Gasteiger partial charge in [-0.25, -0.2) is 4.79 Å². The molecule has 0 heterocycles. The Morgan fingerprint density at radius 3 is 1.63 bits per heavy atom. The fourth-order valence-electron chi connectivity index (χ4n) is 4.51. The van der Waals surface area contributed by atoms with Crippen LogP contribution in [0.3, 0.4) is 0 Å². The lowest BCUT2D eigenvalue weighted by molar-refractivity contribution is -0.144. The van der Waals surface area contributed by atoms with Crippen molar-refractivity contribution in [2.75, 3.05) is 0 Å². The first-order valence-electron chi connectivity index (χ1n) is 10.00. The Bertz CT molecular complexity index is 583. The molecule has 0 bridgehead atoms. The summed E-state index contributed by atoms with van der Waals surface area (Å²) in [6, 6.07) is 2.02. The van der Waals surface area contributed by atoms with E-state index in [0.717, 1.165) is 0 Å². The Kier molecular flexibility index (Phi) is 9.96. The summed E-state index contributed by atoms with van der Waals surface area (Å²) in [7, 11) is -7.49. The Morgan fingerprint density at radius 1 is 1.04 bits per heavy atom. The van der Waals surface area contributed by atoms with Gasteiger partial charge in [0.2, 0.25) is 4.56 Å². The quantitative estimate of drug-likeness (QED) is 0.197. The third kappa shape index (κ3) is 6.71. The Morgan fingerprint density at radius 2 is 1.41 bits per heavy atom. The van der Waals surface area contributed by atoms with Gasteiger partial charge in [-0.15, -0.1) is 0 Å². The smallest absolute Gasteiger partial charge is 0.334 e. The molecule has 0 aromatic carbocycles. The SMILES string of the molecule is C=C(C)C(=O)OC(CCC)([Si](CC(C)C)(CC(C)C)CC(C)C)S(=O)(=O)O. The van der Waals surface area contributed by atoms with Crippen molar-refractivity contribution >= 4 is 24.2 Å². The minimum atomic E-state index is -4.63. The molecule has 160 valence electrons. The van der Waals surface area contributed by atoms with Gasteiger partial charge in [0.15, 0.2) is 0 Å². The Labute approximate surface area is 167 Å². The van der Waals surface area contributed by atoms with Crippen LogP contribution in [0, 0.1) is 17.8 Å². The van der Waals surface area contributed by atoms with Crippen LogP contribution in [0.4, 0.5) is 0 Å². The summed E-state index contributed by atoms with van der Waals surface area (Å²) in [6.07, 6.45) is 0.607. The van der Waals surface area contributed by atoms with E-state index in [1.165, 1.54) is 6.92 Å². The van der Waals surface area contributed by atoms with E-state index in [0.29, 0.717) is 24.6 Å². The van der Waals surface area contributed by atoms with Gasteiger partial charge in [0.05, 0.1) is 0 Å². The van der Waals surface area contributed by atoms with Crippen LogP contribution >= 0.6 is 0 Å². The first-order chi connectivity index (χ1) is 12.1. The van der Waals surface area contributed by atoms with Gasteiger partial charge in [0, 0.05) is 12.0 Å². The number of rotatable bonds is 12. The maximum atomic E-state index is 12.9. The molecular formula is C20H40O5SSi. The van der Waals surface area contributed by atoms with E-state index in [1.807, 2.05) is 6.92 Å². The van der Waals surface area contributed by atoms with E-state index in [9.17, 15) is 17.8 Å². The lowest BCUT2D eigenvalue weighted by atomic mass is 10.2. The first kappa shape index (κ1) is 26.3. The lowest BCUT2D eigenvalue weighted by Crippen LogP contribution is -2.66. The maximum Gasteiger partial charge on any atom is 0.334 e. The molecule has 1 unspecified atom stereocenters. The van der Waals surface area contributed by atoms with Gasteiger partial charge in [0.25, 0.3) is 0 Å². The summed E-state index contributed by atoms with van der Waals surface area (Å²) in [5.41, 5.74) is 0.140. The minimum absolute atomic E-state index is 0.114. The van der Waals surface area contributed by atoms with Crippen molar-refractivity contribution in [3.05, 3.63) is 12.2 Å². The van der Waals surface area contributed by atoms with Crippen LogP contribution in [-0.2, 0) is 19.6 Å². The minimum Gasteiger partial charge on any atom is -0.441 e. The third-order valence-corrected chi connectivity index (χ3v) is 14.8. The van der Waals surface area contributed by atoms with Crippen molar-refractivity contribution in [3.8, 4) is 0 Å². The second-order valence-electron chi connectivity index (χ2n) is 9.22. The molecule has 1 atom stereocenters. The zero-order valence-corrected chi connectivity index (χ0v) is 20.3. The molecule has 0 aromatic rings. The fourth-order valence-corrected chi connectivity index (χ4v) is 15.3. The highest BCUT2D eigenvalue weighted by Gasteiger charge is 2.63. The molecule has 0 radical (unpaired) electrons. The van der Waals surface area contributed by atoms with Gasteiger partial charge in [-0.3, -0.25) is 4.55 Å². The van der Waals surface area contributed by atoms with Crippen LogP contribution < -0.4 is 0 Å². The number of ether oxygens (including phenoxy) is 1. The van der Waals surface area contributed by atoms with Crippen LogP contribution in [-0.4, -0.2) is 31.6 Å². The third-order valence-electron chi connectivity index (χ3n) is 4.81.